The first-order valence-corrected chi connectivity index (χ1v) is 8.24. The minimum atomic E-state index is -0.463. The monoisotopic (exact) mass is 364 g/mol. The number of aromatic nitrogens is 2. The van der Waals surface area contributed by atoms with Crippen LogP contribution in [0.2, 0.25) is 10.2 Å². The molecule has 0 N–H and O–H groups in total. The smallest absolute Gasteiger partial charge is 0.340 e. The van der Waals surface area contributed by atoms with Crippen molar-refractivity contribution in [1.29, 1.82) is 0 Å². The topological polar surface area (TPSA) is 52.1 Å². The van der Waals surface area contributed by atoms with Gasteiger partial charge in [-0.3, -0.25) is 0 Å². The van der Waals surface area contributed by atoms with Gasteiger partial charge < -0.3 is 4.74 Å². The minimum Gasteiger partial charge on any atom is -0.456 e. The van der Waals surface area contributed by atoms with Gasteiger partial charge in [-0.2, -0.15) is 0 Å². The summed E-state index contributed by atoms with van der Waals surface area (Å²) in [5.41, 5.74) is 2.01. The van der Waals surface area contributed by atoms with Crippen molar-refractivity contribution in [2.75, 3.05) is 0 Å². The summed E-state index contributed by atoms with van der Waals surface area (Å²) < 4.78 is 5.22. The van der Waals surface area contributed by atoms with Crippen LogP contribution in [0, 0.1) is 0 Å². The Morgan fingerprint density at radius 2 is 1.91 bits per heavy atom. The molecule has 0 amide bonds. The third-order valence-corrected chi connectivity index (χ3v) is 4.37. The van der Waals surface area contributed by atoms with E-state index in [9.17, 15) is 4.79 Å². The number of carbonyl (C=O) groups is 1. The molecule has 0 bridgehead atoms. The molecule has 7 heteroatoms. The van der Waals surface area contributed by atoms with Crippen molar-refractivity contribution in [2.45, 2.75) is 6.61 Å². The lowest BCUT2D eigenvalue weighted by Crippen LogP contribution is -2.05. The largest absolute Gasteiger partial charge is 0.456 e. The molecular weight excluding hydrogens is 355 g/mol. The van der Waals surface area contributed by atoms with E-state index < -0.39 is 5.97 Å². The summed E-state index contributed by atoms with van der Waals surface area (Å²) in [6.45, 7) is 0.103. The lowest BCUT2D eigenvalue weighted by molar-refractivity contribution is 0.0468. The van der Waals surface area contributed by atoms with Gasteiger partial charge in [-0.1, -0.05) is 35.3 Å². The van der Waals surface area contributed by atoms with E-state index >= 15 is 0 Å². The highest BCUT2D eigenvalue weighted by atomic mass is 35.5. The van der Waals surface area contributed by atoms with Crippen LogP contribution >= 0.6 is 34.5 Å². The first-order chi connectivity index (χ1) is 11.1. The number of halogens is 2. The Bertz CT molecular complexity index is 817. The lowest BCUT2D eigenvalue weighted by atomic mass is 10.2. The van der Waals surface area contributed by atoms with Crippen LogP contribution in [0.15, 0.2) is 48.0 Å². The summed E-state index contributed by atoms with van der Waals surface area (Å²) in [7, 11) is 0. The molecule has 2 aromatic heterocycles. The molecule has 0 spiro atoms. The molecule has 0 radical (unpaired) electrons. The Labute approximate surface area is 146 Å². The molecule has 0 unspecified atom stereocenters. The summed E-state index contributed by atoms with van der Waals surface area (Å²) in [6, 6.07) is 10.5. The van der Waals surface area contributed by atoms with Crippen LogP contribution < -0.4 is 0 Å². The van der Waals surface area contributed by atoms with Gasteiger partial charge in [0.2, 0.25) is 0 Å². The third-order valence-electron chi connectivity index (χ3n) is 2.96. The number of benzene rings is 1. The SMILES string of the molecule is O=C(OCc1csc(-c2ccc(Cl)cc2)n1)c1ccc(Cl)nc1. The van der Waals surface area contributed by atoms with Crippen LogP contribution in [0.3, 0.4) is 0 Å². The predicted molar refractivity (Wildman–Crippen MR) is 90.9 cm³/mol. The number of hydrogen-bond acceptors (Lipinski definition) is 5. The van der Waals surface area contributed by atoms with Crippen molar-refractivity contribution in [3.63, 3.8) is 0 Å². The zero-order valence-corrected chi connectivity index (χ0v) is 14.0. The molecule has 3 rings (SSSR count). The molecule has 2 heterocycles. The average Bonchev–Trinajstić information content (AvgIpc) is 3.03. The molecule has 0 fully saturated rings. The second-order valence-corrected chi connectivity index (χ2v) is 6.28. The van der Waals surface area contributed by atoms with Crippen LogP contribution in [0.25, 0.3) is 10.6 Å². The lowest BCUT2D eigenvalue weighted by Gasteiger charge is -2.02. The van der Waals surface area contributed by atoms with Gasteiger partial charge in [0.15, 0.2) is 0 Å². The molecular formula is C16H10Cl2N2O2S. The van der Waals surface area contributed by atoms with Crippen LogP contribution in [-0.2, 0) is 11.3 Å². The van der Waals surface area contributed by atoms with Gasteiger partial charge >= 0.3 is 5.97 Å². The quantitative estimate of drug-likeness (QED) is 0.489. The maximum atomic E-state index is 11.9. The number of ether oxygens (including phenoxy) is 1. The fourth-order valence-electron chi connectivity index (χ4n) is 1.82. The summed E-state index contributed by atoms with van der Waals surface area (Å²) in [5, 5.41) is 3.71. The van der Waals surface area contributed by atoms with E-state index in [0.29, 0.717) is 21.4 Å². The Kier molecular flexibility index (Phi) is 4.91. The van der Waals surface area contributed by atoms with Crippen LogP contribution in [0.5, 0.6) is 0 Å². The zero-order chi connectivity index (χ0) is 16.2. The summed E-state index contributed by atoms with van der Waals surface area (Å²) in [5.74, 6) is -0.463. The summed E-state index contributed by atoms with van der Waals surface area (Å²) in [6.07, 6.45) is 1.38. The Hall–Kier alpha value is -1.95. The van der Waals surface area contributed by atoms with Gasteiger partial charge in [-0.05, 0) is 24.3 Å². The fourth-order valence-corrected chi connectivity index (χ4v) is 2.87. The molecule has 0 saturated heterocycles. The van der Waals surface area contributed by atoms with E-state index in [4.69, 9.17) is 27.9 Å². The van der Waals surface area contributed by atoms with Gasteiger partial charge in [-0.15, -0.1) is 11.3 Å². The van der Waals surface area contributed by atoms with Crippen molar-refractivity contribution < 1.29 is 9.53 Å². The van der Waals surface area contributed by atoms with E-state index in [2.05, 4.69) is 9.97 Å². The van der Waals surface area contributed by atoms with Crippen molar-refractivity contribution in [3.8, 4) is 10.6 Å². The second kappa shape index (κ2) is 7.08. The standard InChI is InChI=1S/C16H10Cl2N2O2S/c17-12-4-1-10(2-5-12)15-20-13(9-23-15)8-22-16(21)11-3-6-14(18)19-7-11/h1-7,9H,8H2. The van der Waals surface area contributed by atoms with E-state index in [1.807, 2.05) is 29.6 Å². The van der Waals surface area contributed by atoms with Crippen molar-refractivity contribution in [1.82, 2.24) is 9.97 Å². The number of pyridine rings is 1. The van der Waals surface area contributed by atoms with Crippen molar-refractivity contribution in [3.05, 3.63) is 69.4 Å². The predicted octanol–water partition coefficient (Wildman–Crippen LogP) is 4.87. The maximum absolute atomic E-state index is 11.9. The number of rotatable bonds is 4. The molecule has 23 heavy (non-hydrogen) atoms. The second-order valence-electron chi connectivity index (χ2n) is 4.60. The molecule has 1 aromatic carbocycles. The highest BCUT2D eigenvalue weighted by Gasteiger charge is 2.10. The third kappa shape index (κ3) is 4.07. The Morgan fingerprint density at radius 3 is 2.61 bits per heavy atom. The van der Waals surface area contributed by atoms with Crippen LogP contribution in [-0.4, -0.2) is 15.9 Å². The maximum Gasteiger partial charge on any atom is 0.340 e. The van der Waals surface area contributed by atoms with Gasteiger partial charge in [0, 0.05) is 22.2 Å². The normalized spacial score (nSPS) is 10.5. The first kappa shape index (κ1) is 15.9. The van der Waals surface area contributed by atoms with Crippen LogP contribution in [0.4, 0.5) is 0 Å². The molecule has 0 aliphatic heterocycles. The molecule has 0 atom stereocenters. The van der Waals surface area contributed by atoms with Gasteiger partial charge in [-0.25, -0.2) is 14.8 Å². The van der Waals surface area contributed by atoms with Crippen molar-refractivity contribution in [2.24, 2.45) is 0 Å². The van der Waals surface area contributed by atoms with Gasteiger partial charge in [0.25, 0.3) is 0 Å². The van der Waals surface area contributed by atoms with Crippen LogP contribution in [0.1, 0.15) is 16.1 Å². The Balaban J connectivity index is 1.64. The Morgan fingerprint density at radius 1 is 1.13 bits per heavy atom. The van der Waals surface area contributed by atoms with E-state index in [1.54, 1.807) is 12.1 Å². The molecule has 0 saturated carbocycles. The average molecular weight is 365 g/mol. The molecule has 116 valence electrons. The van der Waals surface area contributed by atoms with Gasteiger partial charge in [0.05, 0.1) is 11.3 Å². The van der Waals surface area contributed by atoms with E-state index in [1.165, 1.54) is 17.5 Å². The number of esters is 1. The van der Waals surface area contributed by atoms with E-state index in [-0.39, 0.29) is 6.61 Å². The number of nitrogens with zero attached hydrogens (tertiary/aromatic N) is 2. The van der Waals surface area contributed by atoms with Gasteiger partial charge in [0.1, 0.15) is 16.8 Å². The number of thiazole rings is 1. The van der Waals surface area contributed by atoms with Crippen molar-refractivity contribution >= 4 is 40.5 Å². The fraction of sp³-hybridized carbons (Fsp3) is 0.0625. The minimum absolute atomic E-state index is 0.103. The van der Waals surface area contributed by atoms with E-state index in [0.717, 1.165) is 10.6 Å². The summed E-state index contributed by atoms with van der Waals surface area (Å²) in [4.78, 5) is 20.2. The zero-order valence-electron chi connectivity index (χ0n) is 11.7. The summed E-state index contributed by atoms with van der Waals surface area (Å²) >= 11 is 13.0. The molecule has 4 nitrogen and oxygen atoms in total. The molecule has 3 aromatic rings. The number of carbonyl (C=O) groups excluding carboxylic acids is 1. The highest BCUT2D eigenvalue weighted by molar-refractivity contribution is 7.13. The highest BCUT2D eigenvalue weighted by Crippen LogP contribution is 2.25. The molecule has 0 aliphatic rings. The number of hydrogen-bond donors (Lipinski definition) is 0. The molecule has 0 aliphatic carbocycles. The first-order valence-electron chi connectivity index (χ1n) is 6.61.